The molecule has 0 aromatic carbocycles. The number of nitrogens with zero attached hydrogens (tertiary/aromatic N) is 3. The molecule has 1 unspecified atom stereocenters. The zero-order valence-electron chi connectivity index (χ0n) is 10.9. The van der Waals surface area contributed by atoms with E-state index in [0.717, 1.165) is 6.42 Å². The average molecular weight is 266 g/mol. The van der Waals surface area contributed by atoms with E-state index in [2.05, 4.69) is 9.97 Å². The van der Waals surface area contributed by atoms with E-state index in [-0.39, 0.29) is 12.6 Å². The second-order valence-electron chi connectivity index (χ2n) is 4.80. The Labute approximate surface area is 111 Å². The minimum atomic E-state index is -0.828. The van der Waals surface area contributed by atoms with Crippen molar-refractivity contribution in [3.05, 3.63) is 18.2 Å². The number of amides is 2. The lowest BCUT2D eigenvalue weighted by atomic mass is 9.99. The van der Waals surface area contributed by atoms with Crippen molar-refractivity contribution in [1.29, 1.82) is 0 Å². The van der Waals surface area contributed by atoms with Gasteiger partial charge in [-0.1, -0.05) is 0 Å². The third-order valence-electron chi connectivity index (χ3n) is 3.31. The van der Waals surface area contributed by atoms with Gasteiger partial charge in [-0.2, -0.15) is 0 Å². The molecule has 2 amide bonds. The maximum Gasteiger partial charge on any atom is 0.320 e. The van der Waals surface area contributed by atoms with Crippen LogP contribution in [0, 0.1) is 5.92 Å². The number of carboxylic acids is 1. The first-order valence-corrected chi connectivity index (χ1v) is 6.29. The van der Waals surface area contributed by atoms with Gasteiger partial charge in [0.1, 0.15) is 5.82 Å². The van der Waals surface area contributed by atoms with Gasteiger partial charge < -0.3 is 19.9 Å². The minimum Gasteiger partial charge on any atom is -0.481 e. The molecule has 2 N–H and O–H groups in total. The number of hydrogen-bond donors (Lipinski definition) is 2. The normalized spacial score (nSPS) is 19.2. The fourth-order valence-corrected chi connectivity index (χ4v) is 2.27. The average Bonchev–Trinajstić information content (AvgIpc) is 2.90. The van der Waals surface area contributed by atoms with Gasteiger partial charge in [-0.3, -0.25) is 4.79 Å². The molecule has 104 valence electrons. The molecule has 1 atom stereocenters. The highest BCUT2D eigenvalue weighted by Crippen LogP contribution is 2.18. The number of H-pyrrole nitrogens is 1. The SMILES string of the molecule is CN(Cc1ncc[nH]1)C(=O)N1CCCC(C(=O)O)C1. The van der Waals surface area contributed by atoms with Crippen molar-refractivity contribution in [1.82, 2.24) is 19.8 Å². The van der Waals surface area contributed by atoms with Crippen LogP contribution in [0.5, 0.6) is 0 Å². The lowest BCUT2D eigenvalue weighted by Crippen LogP contribution is -2.47. The van der Waals surface area contributed by atoms with Gasteiger partial charge >= 0.3 is 12.0 Å². The molecular formula is C12H18N4O3. The molecule has 0 radical (unpaired) electrons. The standard InChI is InChI=1S/C12H18N4O3/c1-15(8-10-13-4-5-14-10)12(19)16-6-2-3-9(7-16)11(17)18/h4-5,9H,2-3,6-8H2,1H3,(H,13,14)(H,17,18). The van der Waals surface area contributed by atoms with Crippen LogP contribution in [-0.4, -0.2) is 57.0 Å². The van der Waals surface area contributed by atoms with Crippen LogP contribution in [0.15, 0.2) is 12.4 Å². The summed E-state index contributed by atoms with van der Waals surface area (Å²) >= 11 is 0. The van der Waals surface area contributed by atoms with Crippen LogP contribution in [0.1, 0.15) is 18.7 Å². The zero-order chi connectivity index (χ0) is 13.8. The molecule has 0 aliphatic carbocycles. The molecular weight excluding hydrogens is 248 g/mol. The number of aliphatic carboxylic acids is 1. The number of urea groups is 1. The van der Waals surface area contributed by atoms with Gasteiger partial charge in [0.25, 0.3) is 0 Å². The largest absolute Gasteiger partial charge is 0.481 e. The maximum atomic E-state index is 12.2. The Hall–Kier alpha value is -2.05. The summed E-state index contributed by atoms with van der Waals surface area (Å²) < 4.78 is 0. The predicted octanol–water partition coefficient (Wildman–Crippen LogP) is 0.758. The van der Waals surface area contributed by atoms with Crippen molar-refractivity contribution < 1.29 is 14.7 Å². The smallest absolute Gasteiger partial charge is 0.320 e. The molecule has 0 bridgehead atoms. The highest BCUT2D eigenvalue weighted by Gasteiger charge is 2.29. The van der Waals surface area contributed by atoms with Gasteiger partial charge in [0, 0.05) is 32.5 Å². The van der Waals surface area contributed by atoms with Crippen LogP contribution in [0.2, 0.25) is 0 Å². The van der Waals surface area contributed by atoms with E-state index in [1.54, 1.807) is 29.2 Å². The number of imidazole rings is 1. The first-order valence-electron chi connectivity index (χ1n) is 6.29. The summed E-state index contributed by atoms with van der Waals surface area (Å²) in [5.41, 5.74) is 0. The zero-order valence-corrected chi connectivity index (χ0v) is 10.9. The van der Waals surface area contributed by atoms with Gasteiger partial charge in [-0.05, 0) is 12.8 Å². The Morgan fingerprint density at radius 3 is 3.05 bits per heavy atom. The number of aromatic amines is 1. The Morgan fingerprint density at radius 1 is 1.63 bits per heavy atom. The Kier molecular flexibility index (Phi) is 4.03. The second-order valence-corrected chi connectivity index (χ2v) is 4.80. The first kappa shape index (κ1) is 13.4. The van der Waals surface area contributed by atoms with E-state index in [9.17, 15) is 9.59 Å². The lowest BCUT2D eigenvalue weighted by Gasteiger charge is -2.33. The van der Waals surface area contributed by atoms with Crippen molar-refractivity contribution in [2.45, 2.75) is 19.4 Å². The first-order chi connectivity index (χ1) is 9.08. The van der Waals surface area contributed by atoms with Gasteiger partial charge in [0.2, 0.25) is 0 Å². The van der Waals surface area contributed by atoms with Crippen molar-refractivity contribution in [3.8, 4) is 0 Å². The summed E-state index contributed by atoms with van der Waals surface area (Å²) in [6.45, 7) is 1.29. The van der Waals surface area contributed by atoms with Crippen molar-refractivity contribution in [2.75, 3.05) is 20.1 Å². The number of carbonyl (C=O) groups excluding carboxylic acids is 1. The van der Waals surface area contributed by atoms with Crippen molar-refractivity contribution in [3.63, 3.8) is 0 Å². The van der Waals surface area contributed by atoms with E-state index in [0.29, 0.717) is 25.3 Å². The molecule has 2 rings (SSSR count). The lowest BCUT2D eigenvalue weighted by molar-refractivity contribution is -0.143. The van der Waals surface area contributed by atoms with Crippen LogP contribution < -0.4 is 0 Å². The number of piperidine rings is 1. The second kappa shape index (κ2) is 5.73. The van der Waals surface area contributed by atoms with Crippen LogP contribution in [0.25, 0.3) is 0 Å². The summed E-state index contributed by atoms with van der Waals surface area (Å²) in [4.78, 5) is 33.3. The topological polar surface area (TPSA) is 89.5 Å². The highest BCUT2D eigenvalue weighted by molar-refractivity contribution is 5.76. The third kappa shape index (κ3) is 3.24. The van der Waals surface area contributed by atoms with Gasteiger partial charge in [-0.25, -0.2) is 9.78 Å². The summed E-state index contributed by atoms with van der Waals surface area (Å²) in [5.74, 6) is -0.566. The molecule has 0 spiro atoms. The van der Waals surface area contributed by atoms with Crippen LogP contribution in [0.3, 0.4) is 0 Å². The van der Waals surface area contributed by atoms with E-state index >= 15 is 0 Å². The maximum absolute atomic E-state index is 12.2. The van der Waals surface area contributed by atoms with E-state index < -0.39 is 11.9 Å². The fraction of sp³-hybridized carbons (Fsp3) is 0.583. The number of carbonyl (C=O) groups is 2. The van der Waals surface area contributed by atoms with Crippen LogP contribution in [-0.2, 0) is 11.3 Å². The summed E-state index contributed by atoms with van der Waals surface area (Å²) in [6.07, 6.45) is 4.71. The van der Waals surface area contributed by atoms with Gasteiger partial charge in [0.05, 0.1) is 12.5 Å². The molecule has 2 heterocycles. The predicted molar refractivity (Wildman–Crippen MR) is 67.4 cm³/mol. The number of aromatic nitrogens is 2. The van der Waals surface area contributed by atoms with Gasteiger partial charge in [0.15, 0.2) is 0 Å². The quantitative estimate of drug-likeness (QED) is 0.845. The monoisotopic (exact) mass is 266 g/mol. The van der Waals surface area contributed by atoms with E-state index in [1.165, 1.54) is 0 Å². The number of rotatable bonds is 3. The Bertz CT molecular complexity index is 446. The molecule has 1 fully saturated rings. The molecule has 1 aliphatic rings. The Morgan fingerprint density at radius 2 is 2.42 bits per heavy atom. The molecule has 7 nitrogen and oxygen atoms in total. The minimum absolute atomic E-state index is 0.151. The van der Waals surface area contributed by atoms with Gasteiger partial charge in [-0.15, -0.1) is 0 Å². The number of carboxylic acid groups (broad SMARTS) is 1. The number of hydrogen-bond acceptors (Lipinski definition) is 3. The summed E-state index contributed by atoms with van der Waals surface area (Å²) in [7, 11) is 1.69. The van der Waals surface area contributed by atoms with E-state index in [1.807, 2.05) is 0 Å². The molecule has 19 heavy (non-hydrogen) atoms. The summed E-state index contributed by atoms with van der Waals surface area (Å²) in [6, 6.07) is -0.151. The molecule has 7 heteroatoms. The number of likely N-dealkylation sites (tertiary alicyclic amines) is 1. The van der Waals surface area contributed by atoms with Crippen LogP contribution in [0.4, 0.5) is 4.79 Å². The molecule has 1 aromatic rings. The van der Waals surface area contributed by atoms with E-state index in [4.69, 9.17) is 5.11 Å². The molecule has 0 saturated carbocycles. The van der Waals surface area contributed by atoms with Crippen molar-refractivity contribution >= 4 is 12.0 Å². The molecule has 1 aliphatic heterocycles. The summed E-state index contributed by atoms with van der Waals surface area (Å²) in [5, 5.41) is 9.02. The Balaban J connectivity index is 1.93. The fourth-order valence-electron chi connectivity index (χ4n) is 2.27. The highest BCUT2D eigenvalue weighted by atomic mass is 16.4. The van der Waals surface area contributed by atoms with Crippen LogP contribution >= 0.6 is 0 Å². The van der Waals surface area contributed by atoms with Crippen molar-refractivity contribution in [2.24, 2.45) is 5.92 Å². The number of nitrogens with one attached hydrogen (secondary N) is 1. The molecule has 1 saturated heterocycles. The molecule has 1 aromatic heterocycles. The third-order valence-corrected chi connectivity index (χ3v) is 3.31.